The Labute approximate surface area is 115 Å². The van der Waals surface area contributed by atoms with Crippen LogP contribution in [0.25, 0.3) is 4.96 Å². The molecule has 0 bridgehead atoms. The second-order valence-corrected chi connectivity index (χ2v) is 5.94. The number of hydrogen-bond donors (Lipinski definition) is 1. The van der Waals surface area contributed by atoms with Crippen molar-refractivity contribution in [2.75, 3.05) is 0 Å². The number of nitrogens with one attached hydrogen (secondary N) is 1. The maximum atomic E-state index is 4.59. The Hall–Kier alpha value is -1.66. The molecule has 0 aliphatic rings. The van der Waals surface area contributed by atoms with Crippen LogP contribution in [-0.2, 0) is 20.1 Å². The van der Waals surface area contributed by atoms with Gasteiger partial charge in [0.25, 0.3) is 0 Å². The van der Waals surface area contributed by atoms with E-state index in [1.165, 1.54) is 10.6 Å². The molecule has 0 aromatic carbocycles. The van der Waals surface area contributed by atoms with Crippen LogP contribution in [-0.4, -0.2) is 19.2 Å². The Morgan fingerprint density at radius 1 is 1.32 bits per heavy atom. The molecular weight excluding hydrogens is 258 g/mol. The molecule has 0 amide bonds. The fourth-order valence-corrected chi connectivity index (χ4v) is 3.08. The summed E-state index contributed by atoms with van der Waals surface area (Å²) >= 11 is 1.73. The highest BCUT2D eigenvalue weighted by Crippen LogP contribution is 2.20. The van der Waals surface area contributed by atoms with Crippen molar-refractivity contribution in [3.05, 3.63) is 40.4 Å². The standard InChI is InChI=1S/C13H17N5S/c1-9-8-18-12(10(2)15-13(18)19-9)7-14-6-11-4-5-17(3)16-11/h4-5,8,14H,6-7H2,1-3H3. The highest BCUT2D eigenvalue weighted by Gasteiger charge is 2.10. The van der Waals surface area contributed by atoms with E-state index in [2.05, 4.69) is 39.8 Å². The van der Waals surface area contributed by atoms with Gasteiger partial charge in [0.2, 0.25) is 0 Å². The highest BCUT2D eigenvalue weighted by molar-refractivity contribution is 7.17. The van der Waals surface area contributed by atoms with Crippen LogP contribution in [0.3, 0.4) is 0 Å². The molecule has 0 spiro atoms. The minimum atomic E-state index is 0.774. The van der Waals surface area contributed by atoms with Gasteiger partial charge in [-0.25, -0.2) is 4.98 Å². The molecule has 100 valence electrons. The summed E-state index contributed by atoms with van der Waals surface area (Å²) in [6.07, 6.45) is 4.11. The van der Waals surface area contributed by atoms with E-state index in [0.29, 0.717) is 0 Å². The number of imidazole rings is 1. The van der Waals surface area contributed by atoms with Crippen molar-refractivity contribution in [1.82, 2.24) is 24.5 Å². The highest BCUT2D eigenvalue weighted by atomic mass is 32.1. The van der Waals surface area contributed by atoms with Crippen LogP contribution in [0.1, 0.15) is 22.0 Å². The number of aryl methyl sites for hydroxylation is 3. The van der Waals surface area contributed by atoms with E-state index < -0.39 is 0 Å². The zero-order valence-corrected chi connectivity index (χ0v) is 12.2. The van der Waals surface area contributed by atoms with E-state index in [4.69, 9.17) is 0 Å². The SMILES string of the molecule is Cc1cn2c(CNCc3ccn(C)n3)c(C)nc2s1. The Morgan fingerprint density at radius 3 is 2.89 bits per heavy atom. The van der Waals surface area contributed by atoms with Gasteiger partial charge in [-0.2, -0.15) is 5.10 Å². The summed E-state index contributed by atoms with van der Waals surface area (Å²) in [7, 11) is 1.93. The van der Waals surface area contributed by atoms with Crippen molar-refractivity contribution in [1.29, 1.82) is 0 Å². The van der Waals surface area contributed by atoms with Gasteiger partial charge in [0, 0.05) is 37.4 Å². The lowest BCUT2D eigenvalue weighted by Gasteiger charge is -2.03. The summed E-state index contributed by atoms with van der Waals surface area (Å²) in [5, 5.41) is 7.78. The number of aromatic nitrogens is 4. The summed E-state index contributed by atoms with van der Waals surface area (Å²) in [6, 6.07) is 2.03. The fourth-order valence-electron chi connectivity index (χ4n) is 2.19. The van der Waals surface area contributed by atoms with E-state index in [1.807, 2.05) is 24.0 Å². The van der Waals surface area contributed by atoms with Crippen LogP contribution >= 0.6 is 11.3 Å². The van der Waals surface area contributed by atoms with Crippen LogP contribution in [0, 0.1) is 13.8 Å². The van der Waals surface area contributed by atoms with Gasteiger partial charge in [-0.1, -0.05) is 0 Å². The molecule has 19 heavy (non-hydrogen) atoms. The molecule has 0 fully saturated rings. The van der Waals surface area contributed by atoms with Gasteiger partial charge in [-0.3, -0.25) is 9.08 Å². The van der Waals surface area contributed by atoms with Crippen LogP contribution in [0.4, 0.5) is 0 Å². The second kappa shape index (κ2) is 4.79. The third-order valence-corrected chi connectivity index (χ3v) is 4.01. The van der Waals surface area contributed by atoms with Crippen molar-refractivity contribution in [3.8, 4) is 0 Å². The molecule has 5 nitrogen and oxygen atoms in total. The van der Waals surface area contributed by atoms with Gasteiger partial charge in [-0.05, 0) is 19.9 Å². The molecule has 0 aliphatic carbocycles. The lowest BCUT2D eigenvalue weighted by atomic mass is 10.3. The first-order valence-corrected chi connectivity index (χ1v) is 7.08. The molecule has 6 heteroatoms. The molecule has 1 N–H and O–H groups in total. The Bertz CT molecular complexity index is 706. The van der Waals surface area contributed by atoms with E-state index in [-0.39, 0.29) is 0 Å². The number of thiazole rings is 1. The summed E-state index contributed by atoms with van der Waals surface area (Å²) in [5.41, 5.74) is 3.39. The minimum Gasteiger partial charge on any atom is -0.305 e. The molecule has 0 atom stereocenters. The van der Waals surface area contributed by atoms with Gasteiger partial charge < -0.3 is 5.32 Å². The normalized spacial score (nSPS) is 11.5. The third kappa shape index (κ3) is 2.41. The molecule has 0 radical (unpaired) electrons. The number of hydrogen-bond acceptors (Lipinski definition) is 4. The van der Waals surface area contributed by atoms with Gasteiger partial charge in [-0.15, -0.1) is 11.3 Å². The minimum absolute atomic E-state index is 0.774. The topological polar surface area (TPSA) is 47.1 Å². The fraction of sp³-hybridized carbons (Fsp3) is 0.385. The van der Waals surface area contributed by atoms with Crippen LogP contribution in [0.15, 0.2) is 18.5 Å². The van der Waals surface area contributed by atoms with Crippen molar-refractivity contribution in [2.45, 2.75) is 26.9 Å². The van der Waals surface area contributed by atoms with Crippen LogP contribution < -0.4 is 5.32 Å². The molecule has 3 aromatic heterocycles. The lowest BCUT2D eigenvalue weighted by Crippen LogP contribution is -2.15. The first kappa shape index (κ1) is 12.4. The molecule has 0 aliphatic heterocycles. The van der Waals surface area contributed by atoms with E-state index in [1.54, 1.807) is 11.3 Å². The average Bonchev–Trinajstić information content (AvgIpc) is 2.97. The van der Waals surface area contributed by atoms with E-state index in [9.17, 15) is 0 Å². The summed E-state index contributed by atoms with van der Waals surface area (Å²) < 4.78 is 4.00. The van der Waals surface area contributed by atoms with Crippen molar-refractivity contribution >= 4 is 16.3 Å². The largest absolute Gasteiger partial charge is 0.305 e. The van der Waals surface area contributed by atoms with Crippen LogP contribution in [0.5, 0.6) is 0 Å². The monoisotopic (exact) mass is 275 g/mol. The number of rotatable bonds is 4. The molecular formula is C13H17N5S. The smallest absolute Gasteiger partial charge is 0.194 e. The predicted octanol–water partition coefficient (Wildman–Crippen LogP) is 2.04. The summed E-state index contributed by atoms with van der Waals surface area (Å²) in [5.74, 6) is 0. The molecule has 3 heterocycles. The van der Waals surface area contributed by atoms with Gasteiger partial charge in [0.15, 0.2) is 4.96 Å². The first-order valence-electron chi connectivity index (χ1n) is 6.26. The Balaban J connectivity index is 1.72. The van der Waals surface area contributed by atoms with Crippen LogP contribution in [0.2, 0.25) is 0 Å². The maximum Gasteiger partial charge on any atom is 0.194 e. The van der Waals surface area contributed by atoms with E-state index >= 15 is 0 Å². The van der Waals surface area contributed by atoms with Gasteiger partial charge >= 0.3 is 0 Å². The quantitative estimate of drug-likeness (QED) is 0.792. The van der Waals surface area contributed by atoms with Crippen molar-refractivity contribution < 1.29 is 0 Å². The van der Waals surface area contributed by atoms with Crippen molar-refractivity contribution in [2.24, 2.45) is 7.05 Å². The lowest BCUT2D eigenvalue weighted by molar-refractivity contribution is 0.643. The van der Waals surface area contributed by atoms with E-state index in [0.717, 1.165) is 29.4 Å². The average molecular weight is 275 g/mol. The first-order chi connectivity index (χ1) is 9.13. The third-order valence-electron chi connectivity index (χ3n) is 3.11. The molecule has 0 saturated heterocycles. The second-order valence-electron chi connectivity index (χ2n) is 4.72. The summed E-state index contributed by atoms with van der Waals surface area (Å²) in [4.78, 5) is 6.94. The molecule has 3 aromatic rings. The maximum absolute atomic E-state index is 4.59. The molecule has 0 saturated carbocycles. The van der Waals surface area contributed by atoms with Gasteiger partial charge in [0.05, 0.1) is 17.1 Å². The molecule has 0 unspecified atom stereocenters. The predicted molar refractivity (Wildman–Crippen MR) is 76.3 cm³/mol. The molecule has 3 rings (SSSR count). The Kier molecular flexibility index (Phi) is 3.12. The Morgan fingerprint density at radius 2 is 2.16 bits per heavy atom. The zero-order valence-electron chi connectivity index (χ0n) is 11.3. The van der Waals surface area contributed by atoms with Crippen molar-refractivity contribution in [3.63, 3.8) is 0 Å². The zero-order chi connectivity index (χ0) is 13.4. The van der Waals surface area contributed by atoms with Gasteiger partial charge in [0.1, 0.15) is 0 Å². The number of fused-ring (bicyclic) bond motifs is 1. The summed E-state index contributed by atoms with van der Waals surface area (Å²) in [6.45, 7) is 5.75. The number of nitrogens with zero attached hydrogens (tertiary/aromatic N) is 4.